The molecule has 6 heteroatoms. The highest BCUT2D eigenvalue weighted by Gasteiger charge is 2.20. The maximum atomic E-state index is 14.2. The van der Waals surface area contributed by atoms with Gasteiger partial charge in [0.2, 0.25) is 5.95 Å². The van der Waals surface area contributed by atoms with Gasteiger partial charge in [0.25, 0.3) is 5.56 Å². The van der Waals surface area contributed by atoms with Gasteiger partial charge in [0.05, 0.1) is 5.69 Å². The number of hydrogen-bond acceptors (Lipinski definition) is 4. The fourth-order valence-electron chi connectivity index (χ4n) is 3.31. The van der Waals surface area contributed by atoms with E-state index in [0.29, 0.717) is 23.8 Å². The van der Waals surface area contributed by atoms with Crippen molar-refractivity contribution in [2.24, 2.45) is 7.05 Å². The summed E-state index contributed by atoms with van der Waals surface area (Å²) in [7, 11) is 1.71. The molecule has 2 aromatic heterocycles. The van der Waals surface area contributed by atoms with Crippen LogP contribution in [0, 0.1) is 5.82 Å². The summed E-state index contributed by atoms with van der Waals surface area (Å²) in [5.41, 5.74) is 2.82. The SMILES string of the molecule is Cn1c(N2CCC=C(c3ccccc3F)C2)nc(-c2ccncc2)cc1=O. The van der Waals surface area contributed by atoms with E-state index in [2.05, 4.69) is 11.1 Å². The van der Waals surface area contributed by atoms with Crippen LogP contribution in [0.3, 0.4) is 0 Å². The van der Waals surface area contributed by atoms with Gasteiger partial charge in [-0.05, 0) is 30.2 Å². The maximum Gasteiger partial charge on any atom is 0.255 e. The number of anilines is 1. The quantitative estimate of drug-likeness (QED) is 0.718. The molecule has 1 aliphatic rings. The normalized spacial score (nSPS) is 14.1. The van der Waals surface area contributed by atoms with E-state index in [1.165, 1.54) is 16.7 Å². The Morgan fingerprint density at radius 1 is 1.11 bits per heavy atom. The molecule has 136 valence electrons. The molecule has 1 aromatic carbocycles. The number of benzene rings is 1. The van der Waals surface area contributed by atoms with Crippen LogP contribution in [0.1, 0.15) is 12.0 Å². The van der Waals surface area contributed by atoms with E-state index in [1.807, 2.05) is 23.1 Å². The van der Waals surface area contributed by atoms with Gasteiger partial charge in [0, 0.05) is 49.7 Å². The molecule has 27 heavy (non-hydrogen) atoms. The summed E-state index contributed by atoms with van der Waals surface area (Å²) in [6.07, 6.45) is 6.17. The molecular weight excluding hydrogens is 343 g/mol. The molecule has 4 rings (SSSR count). The van der Waals surface area contributed by atoms with Gasteiger partial charge in [0.1, 0.15) is 5.82 Å². The largest absolute Gasteiger partial charge is 0.338 e. The van der Waals surface area contributed by atoms with Crippen LogP contribution >= 0.6 is 0 Å². The van der Waals surface area contributed by atoms with Crippen molar-refractivity contribution in [1.82, 2.24) is 14.5 Å². The van der Waals surface area contributed by atoms with Crippen molar-refractivity contribution < 1.29 is 4.39 Å². The molecule has 1 aliphatic heterocycles. The zero-order valence-corrected chi connectivity index (χ0v) is 15.0. The zero-order valence-electron chi connectivity index (χ0n) is 15.0. The van der Waals surface area contributed by atoms with E-state index in [9.17, 15) is 9.18 Å². The Labute approximate surface area is 156 Å². The van der Waals surface area contributed by atoms with Crippen molar-refractivity contribution in [1.29, 1.82) is 0 Å². The Hall–Kier alpha value is -3.28. The molecule has 0 N–H and O–H groups in total. The Morgan fingerprint density at radius 3 is 2.67 bits per heavy atom. The van der Waals surface area contributed by atoms with Crippen LogP contribution in [-0.2, 0) is 7.05 Å². The number of nitrogens with zero attached hydrogens (tertiary/aromatic N) is 4. The summed E-state index contributed by atoms with van der Waals surface area (Å²) >= 11 is 0. The van der Waals surface area contributed by atoms with Crippen molar-refractivity contribution >= 4 is 11.5 Å². The number of pyridine rings is 1. The lowest BCUT2D eigenvalue weighted by molar-refractivity contribution is 0.622. The first-order chi connectivity index (χ1) is 13.1. The molecule has 0 radical (unpaired) electrons. The van der Waals surface area contributed by atoms with Crippen molar-refractivity contribution in [3.05, 3.63) is 82.7 Å². The van der Waals surface area contributed by atoms with Gasteiger partial charge in [-0.1, -0.05) is 24.3 Å². The van der Waals surface area contributed by atoms with Gasteiger partial charge in [-0.25, -0.2) is 9.37 Å². The van der Waals surface area contributed by atoms with Crippen LogP contribution in [-0.4, -0.2) is 27.6 Å². The van der Waals surface area contributed by atoms with Crippen LogP contribution in [0.25, 0.3) is 16.8 Å². The zero-order chi connectivity index (χ0) is 18.8. The molecule has 3 heterocycles. The van der Waals surface area contributed by atoms with Gasteiger partial charge < -0.3 is 4.90 Å². The second-order valence-corrected chi connectivity index (χ2v) is 6.49. The Balaban J connectivity index is 1.72. The average molecular weight is 362 g/mol. The fraction of sp³-hybridized carbons (Fsp3) is 0.190. The van der Waals surface area contributed by atoms with Gasteiger partial charge in [0.15, 0.2) is 0 Å². The van der Waals surface area contributed by atoms with Gasteiger partial charge >= 0.3 is 0 Å². The summed E-state index contributed by atoms with van der Waals surface area (Å²) in [4.78, 5) is 23.2. The van der Waals surface area contributed by atoms with E-state index in [4.69, 9.17) is 4.98 Å². The first-order valence-corrected chi connectivity index (χ1v) is 8.81. The summed E-state index contributed by atoms with van der Waals surface area (Å²) in [5, 5.41) is 0. The Bertz CT molecular complexity index is 1060. The summed E-state index contributed by atoms with van der Waals surface area (Å²) in [5.74, 6) is 0.342. The molecule has 0 amide bonds. The fourth-order valence-corrected chi connectivity index (χ4v) is 3.31. The molecule has 0 unspecified atom stereocenters. The van der Waals surface area contributed by atoms with E-state index in [-0.39, 0.29) is 11.4 Å². The molecule has 0 atom stereocenters. The third-order valence-corrected chi connectivity index (χ3v) is 4.74. The molecule has 3 aromatic rings. The lowest BCUT2D eigenvalue weighted by Gasteiger charge is -2.30. The van der Waals surface area contributed by atoms with Crippen molar-refractivity contribution in [3.8, 4) is 11.3 Å². The molecular formula is C21H19FN4O. The first-order valence-electron chi connectivity index (χ1n) is 8.81. The second-order valence-electron chi connectivity index (χ2n) is 6.49. The predicted molar refractivity (Wildman–Crippen MR) is 104 cm³/mol. The van der Waals surface area contributed by atoms with Gasteiger partial charge in [-0.3, -0.25) is 14.3 Å². The van der Waals surface area contributed by atoms with Crippen LogP contribution in [0.2, 0.25) is 0 Å². The highest BCUT2D eigenvalue weighted by atomic mass is 19.1. The summed E-state index contributed by atoms with van der Waals surface area (Å²) < 4.78 is 15.7. The molecule has 0 saturated heterocycles. The van der Waals surface area contributed by atoms with E-state index in [1.54, 1.807) is 31.6 Å². The molecule has 5 nitrogen and oxygen atoms in total. The summed E-state index contributed by atoms with van der Waals surface area (Å²) in [6, 6.07) is 11.9. The van der Waals surface area contributed by atoms with Crippen molar-refractivity contribution in [2.75, 3.05) is 18.0 Å². The Morgan fingerprint density at radius 2 is 1.89 bits per heavy atom. The smallest absolute Gasteiger partial charge is 0.255 e. The van der Waals surface area contributed by atoms with E-state index >= 15 is 0 Å². The van der Waals surface area contributed by atoms with Crippen LogP contribution in [0.4, 0.5) is 10.3 Å². The molecule has 0 aliphatic carbocycles. The standard InChI is InChI=1S/C21H19FN4O/c1-25-20(27)13-19(15-8-10-23-11-9-15)24-21(25)26-12-4-5-16(14-26)17-6-2-3-7-18(17)22/h2-3,5-11,13H,4,12,14H2,1H3. The maximum absolute atomic E-state index is 14.2. The van der Waals surface area contributed by atoms with E-state index < -0.39 is 0 Å². The topological polar surface area (TPSA) is 51.0 Å². The van der Waals surface area contributed by atoms with Crippen LogP contribution in [0.5, 0.6) is 0 Å². The minimum Gasteiger partial charge on any atom is -0.338 e. The Kier molecular flexibility index (Phi) is 4.54. The molecule has 0 fully saturated rings. The first kappa shape index (κ1) is 17.1. The minimum atomic E-state index is -0.238. The second kappa shape index (κ2) is 7.15. The highest BCUT2D eigenvalue weighted by Crippen LogP contribution is 2.26. The molecule has 0 bridgehead atoms. The van der Waals surface area contributed by atoms with E-state index in [0.717, 1.165) is 24.1 Å². The monoisotopic (exact) mass is 362 g/mol. The number of hydrogen-bond donors (Lipinski definition) is 0. The van der Waals surface area contributed by atoms with Crippen molar-refractivity contribution in [3.63, 3.8) is 0 Å². The van der Waals surface area contributed by atoms with Crippen molar-refractivity contribution in [2.45, 2.75) is 6.42 Å². The number of aromatic nitrogens is 3. The third-order valence-electron chi connectivity index (χ3n) is 4.74. The van der Waals surface area contributed by atoms with Gasteiger partial charge in [-0.15, -0.1) is 0 Å². The highest BCUT2D eigenvalue weighted by molar-refractivity contribution is 5.71. The third kappa shape index (κ3) is 3.38. The lowest BCUT2D eigenvalue weighted by Crippen LogP contribution is -2.35. The summed E-state index contributed by atoms with van der Waals surface area (Å²) in [6.45, 7) is 1.22. The number of rotatable bonds is 3. The lowest BCUT2D eigenvalue weighted by atomic mass is 10.0. The molecule has 0 spiro atoms. The van der Waals surface area contributed by atoms with Crippen LogP contribution < -0.4 is 10.5 Å². The van der Waals surface area contributed by atoms with Crippen LogP contribution in [0.15, 0.2) is 65.7 Å². The predicted octanol–water partition coefficient (Wildman–Crippen LogP) is 3.28. The average Bonchev–Trinajstić information content (AvgIpc) is 2.71. The molecule has 0 saturated carbocycles. The minimum absolute atomic E-state index is 0.131. The van der Waals surface area contributed by atoms with Gasteiger partial charge in [-0.2, -0.15) is 0 Å². The number of halogens is 1.